The fourth-order valence-electron chi connectivity index (χ4n) is 5.23. The normalized spacial score (nSPS) is 11.5. The Kier molecular flexibility index (Phi) is 12.1. The van der Waals surface area contributed by atoms with Crippen LogP contribution in [0.15, 0.2) is 91.0 Å². The van der Waals surface area contributed by atoms with Crippen molar-refractivity contribution in [3.63, 3.8) is 0 Å². The van der Waals surface area contributed by atoms with Crippen molar-refractivity contribution in [2.45, 2.75) is 86.9 Å². The van der Waals surface area contributed by atoms with Gasteiger partial charge in [-0.25, -0.2) is 0 Å². The molecule has 0 saturated heterocycles. The van der Waals surface area contributed by atoms with Crippen LogP contribution >= 0.6 is 0 Å². The molecule has 0 nitrogen and oxygen atoms in total. The predicted octanol–water partition coefficient (Wildman–Crippen LogP) is 9.02. The van der Waals surface area contributed by atoms with Gasteiger partial charge in [0.1, 0.15) is 0 Å². The second-order valence-corrected chi connectivity index (χ2v) is 11.1. The molecule has 1 heteroatoms. The quantitative estimate of drug-likeness (QED) is 0.0958. The van der Waals surface area contributed by atoms with Gasteiger partial charge in [-0.05, 0) is 23.1 Å². The summed E-state index contributed by atoms with van der Waals surface area (Å²) in [6, 6.07) is 33.5. The van der Waals surface area contributed by atoms with E-state index in [0.29, 0.717) is 0 Å². The summed E-state index contributed by atoms with van der Waals surface area (Å²) in [5, 5.41) is 0. The van der Waals surface area contributed by atoms with Gasteiger partial charge in [0.2, 0.25) is 0 Å². The molecule has 0 aliphatic carbocycles. The number of benzene rings is 3. The van der Waals surface area contributed by atoms with E-state index >= 15 is 0 Å². The molecule has 0 heterocycles. The molecule has 0 bridgehead atoms. The van der Waals surface area contributed by atoms with Crippen molar-refractivity contribution < 1.29 is 0 Å². The summed E-state index contributed by atoms with van der Waals surface area (Å²) in [4.78, 5) is 0. The topological polar surface area (TPSA) is 0 Å². The Balaban J connectivity index is 1.59. The van der Waals surface area contributed by atoms with Crippen molar-refractivity contribution in [1.82, 2.24) is 0 Å². The SMILES string of the molecule is [SnH][CH2]CCCCCCCCCCCCC(c1ccccc1)(c1ccccc1)c1ccccc1. The van der Waals surface area contributed by atoms with Gasteiger partial charge >= 0.3 is 97.6 Å². The molecule has 33 heavy (non-hydrogen) atoms. The molecule has 0 unspecified atom stereocenters. The number of rotatable bonds is 16. The fraction of sp³-hybridized carbons (Fsp3) is 0.438. The van der Waals surface area contributed by atoms with Crippen LogP contribution in [0.4, 0.5) is 0 Å². The summed E-state index contributed by atoms with van der Waals surface area (Å²) in [7, 11) is 0. The first kappa shape index (κ1) is 26.1. The summed E-state index contributed by atoms with van der Waals surface area (Å²) in [6.45, 7) is 0. The van der Waals surface area contributed by atoms with E-state index in [0.717, 1.165) is 6.42 Å². The molecule has 0 spiro atoms. The Morgan fingerprint density at radius 1 is 0.394 bits per heavy atom. The molecule has 0 N–H and O–H groups in total. The van der Waals surface area contributed by atoms with E-state index in [1.54, 1.807) is 0 Å². The van der Waals surface area contributed by atoms with Crippen LogP contribution < -0.4 is 0 Å². The summed E-state index contributed by atoms with van der Waals surface area (Å²) in [5.41, 5.74) is 4.15. The summed E-state index contributed by atoms with van der Waals surface area (Å²) < 4.78 is 1.48. The van der Waals surface area contributed by atoms with Gasteiger partial charge in [0.05, 0.1) is 0 Å². The van der Waals surface area contributed by atoms with Crippen molar-refractivity contribution in [2.75, 3.05) is 0 Å². The van der Waals surface area contributed by atoms with Crippen LogP contribution in [0.5, 0.6) is 0 Å². The predicted molar refractivity (Wildman–Crippen MR) is 147 cm³/mol. The third kappa shape index (κ3) is 8.02. The van der Waals surface area contributed by atoms with Crippen LogP contribution in [0.2, 0.25) is 4.44 Å². The second-order valence-electron chi connectivity index (χ2n) is 9.43. The minimum Gasteiger partial charge on any atom is -0.0622 e. The molecule has 0 saturated carbocycles. The molecule has 0 aliphatic rings. The van der Waals surface area contributed by atoms with Gasteiger partial charge in [-0.2, -0.15) is 0 Å². The Bertz CT molecular complexity index is 760. The average Bonchev–Trinajstić information content (AvgIpc) is 2.89. The molecule has 3 aromatic rings. The first-order valence-corrected chi connectivity index (χ1v) is 15.6. The Morgan fingerprint density at radius 3 is 1.03 bits per heavy atom. The third-order valence-corrected chi connectivity index (χ3v) is 8.22. The standard InChI is InChI=1S/C32H41.Sn.H/c1-2-3-4-5-6-7-8-9-10-11-21-28-32(29-22-15-12-16-23-29,30-24-17-13-18-25-30)31-26-19-14-20-27-31;;/h12-20,22-27H,1-11,21,28H2;;. The smallest absolute Gasteiger partial charge is 0.0622 e. The van der Waals surface area contributed by atoms with Gasteiger partial charge in [-0.1, -0.05) is 91.0 Å². The van der Waals surface area contributed by atoms with Crippen molar-refractivity contribution in [3.05, 3.63) is 108 Å². The van der Waals surface area contributed by atoms with Crippen LogP contribution in [0, 0.1) is 0 Å². The van der Waals surface area contributed by atoms with E-state index in [1.807, 2.05) is 0 Å². The molecule has 0 aromatic heterocycles. The van der Waals surface area contributed by atoms with Gasteiger partial charge in [0.15, 0.2) is 0 Å². The molecular formula is C32H42Sn. The molecule has 174 valence electrons. The zero-order valence-electron chi connectivity index (χ0n) is 20.4. The zero-order chi connectivity index (χ0) is 23.0. The Hall–Kier alpha value is -1.54. The summed E-state index contributed by atoms with van der Waals surface area (Å²) in [5.74, 6) is 0. The van der Waals surface area contributed by atoms with Gasteiger partial charge in [0.25, 0.3) is 0 Å². The summed E-state index contributed by atoms with van der Waals surface area (Å²) >= 11 is 1.44. The van der Waals surface area contributed by atoms with Crippen LogP contribution in [0.25, 0.3) is 0 Å². The van der Waals surface area contributed by atoms with Crippen molar-refractivity contribution in [2.24, 2.45) is 0 Å². The first-order chi connectivity index (χ1) is 16.4. The Morgan fingerprint density at radius 2 is 0.697 bits per heavy atom. The van der Waals surface area contributed by atoms with E-state index in [1.165, 1.54) is 114 Å². The molecule has 0 amide bonds. The van der Waals surface area contributed by atoms with Crippen LogP contribution in [-0.4, -0.2) is 22.5 Å². The third-order valence-electron chi connectivity index (χ3n) is 7.06. The van der Waals surface area contributed by atoms with Crippen molar-refractivity contribution in [3.8, 4) is 0 Å². The molecule has 3 aromatic carbocycles. The fourth-order valence-corrected chi connectivity index (χ4v) is 6.05. The van der Waals surface area contributed by atoms with Crippen LogP contribution in [0.1, 0.15) is 93.7 Å². The van der Waals surface area contributed by atoms with Crippen molar-refractivity contribution >= 4 is 22.5 Å². The van der Waals surface area contributed by atoms with Crippen molar-refractivity contribution in [1.29, 1.82) is 0 Å². The molecule has 0 fully saturated rings. The summed E-state index contributed by atoms with van der Waals surface area (Å²) in [6.07, 6.45) is 16.7. The minimum absolute atomic E-state index is 0.0788. The number of hydrogen-bond donors (Lipinski definition) is 0. The van der Waals surface area contributed by atoms with Gasteiger partial charge in [-0.15, -0.1) is 0 Å². The van der Waals surface area contributed by atoms with E-state index in [4.69, 9.17) is 0 Å². The first-order valence-electron chi connectivity index (χ1n) is 13.2. The van der Waals surface area contributed by atoms with Gasteiger partial charge in [0, 0.05) is 5.41 Å². The number of hydrogen-bond acceptors (Lipinski definition) is 0. The monoisotopic (exact) mass is 546 g/mol. The van der Waals surface area contributed by atoms with E-state index in [2.05, 4.69) is 91.0 Å². The average molecular weight is 545 g/mol. The molecule has 3 rings (SSSR count). The molecule has 0 aliphatic heterocycles. The second kappa shape index (κ2) is 15.4. The van der Waals surface area contributed by atoms with Crippen LogP contribution in [-0.2, 0) is 5.41 Å². The molecular weight excluding hydrogens is 503 g/mol. The Labute approximate surface area is 216 Å². The van der Waals surface area contributed by atoms with Crippen LogP contribution in [0.3, 0.4) is 0 Å². The number of unbranched alkanes of at least 4 members (excludes halogenated alkanes) is 10. The maximum atomic E-state index is 2.32. The molecule has 0 atom stereocenters. The zero-order valence-corrected chi connectivity index (χ0v) is 23.7. The maximum absolute atomic E-state index is 2.32. The van der Waals surface area contributed by atoms with E-state index < -0.39 is 0 Å². The molecule has 2 radical (unpaired) electrons. The van der Waals surface area contributed by atoms with E-state index in [-0.39, 0.29) is 5.41 Å². The van der Waals surface area contributed by atoms with Gasteiger partial charge < -0.3 is 0 Å². The van der Waals surface area contributed by atoms with Gasteiger partial charge in [-0.3, -0.25) is 0 Å². The minimum atomic E-state index is -0.0788. The van der Waals surface area contributed by atoms with E-state index in [9.17, 15) is 0 Å².